The maximum Gasteiger partial charge on any atom is 0.341 e. The van der Waals surface area contributed by atoms with Crippen LogP contribution in [0.4, 0.5) is 5.00 Å². The third-order valence-electron chi connectivity index (χ3n) is 3.75. The first-order chi connectivity index (χ1) is 14.0. The van der Waals surface area contributed by atoms with Crippen molar-refractivity contribution in [1.82, 2.24) is 0 Å². The zero-order valence-corrected chi connectivity index (χ0v) is 17.3. The lowest BCUT2D eigenvalue weighted by Crippen LogP contribution is -2.20. The van der Waals surface area contributed by atoms with Crippen molar-refractivity contribution in [2.75, 3.05) is 25.6 Å². The normalized spacial score (nSPS) is 10.6. The molecule has 0 saturated carbocycles. The first kappa shape index (κ1) is 22.2. The van der Waals surface area contributed by atoms with Crippen molar-refractivity contribution in [3.8, 4) is 5.75 Å². The van der Waals surface area contributed by atoms with Crippen LogP contribution in [0.25, 0.3) is 6.08 Å². The third-order valence-corrected chi connectivity index (χ3v) is 4.95. The van der Waals surface area contributed by atoms with Gasteiger partial charge in [0.1, 0.15) is 10.8 Å². The van der Waals surface area contributed by atoms with E-state index >= 15 is 0 Å². The number of aryl methyl sites for hydroxylation is 1. The average Bonchev–Trinajstić information content (AvgIpc) is 3.14. The summed E-state index contributed by atoms with van der Waals surface area (Å²) in [7, 11) is 1.57. The van der Waals surface area contributed by atoms with Gasteiger partial charge in [-0.3, -0.25) is 4.79 Å². The Bertz CT molecular complexity index is 885. The summed E-state index contributed by atoms with van der Waals surface area (Å²) < 4.78 is 15.0. The Morgan fingerprint density at radius 2 is 1.83 bits per heavy atom. The van der Waals surface area contributed by atoms with Crippen LogP contribution in [0.1, 0.15) is 34.6 Å². The van der Waals surface area contributed by atoms with Crippen LogP contribution >= 0.6 is 11.3 Å². The van der Waals surface area contributed by atoms with Gasteiger partial charge in [-0.25, -0.2) is 9.59 Å². The number of anilines is 1. The SMILES string of the molecule is CCOC(=O)c1cc(CC)sc1NC(=O)COC(=O)/C=C/c1ccc(OC)cc1. The molecule has 154 valence electrons. The molecule has 0 radical (unpaired) electrons. The van der Waals surface area contributed by atoms with Crippen molar-refractivity contribution < 1.29 is 28.6 Å². The van der Waals surface area contributed by atoms with Gasteiger partial charge in [-0.15, -0.1) is 11.3 Å². The van der Waals surface area contributed by atoms with Gasteiger partial charge in [0.25, 0.3) is 5.91 Å². The molecule has 8 heteroatoms. The van der Waals surface area contributed by atoms with Gasteiger partial charge in [-0.1, -0.05) is 19.1 Å². The number of carbonyl (C=O) groups is 3. The van der Waals surface area contributed by atoms with Crippen LogP contribution < -0.4 is 10.1 Å². The number of thiophene rings is 1. The number of methoxy groups -OCH3 is 1. The summed E-state index contributed by atoms with van der Waals surface area (Å²) in [6, 6.07) is 8.81. The summed E-state index contributed by atoms with van der Waals surface area (Å²) in [6.07, 6.45) is 3.53. The lowest BCUT2D eigenvalue weighted by Gasteiger charge is -2.06. The fraction of sp³-hybridized carbons (Fsp3) is 0.286. The minimum atomic E-state index is -0.651. The molecule has 1 aromatic heterocycles. The van der Waals surface area contributed by atoms with E-state index in [1.807, 2.05) is 6.92 Å². The van der Waals surface area contributed by atoms with E-state index in [-0.39, 0.29) is 6.61 Å². The number of carbonyl (C=O) groups excluding carboxylic acids is 3. The molecule has 0 spiro atoms. The zero-order valence-electron chi connectivity index (χ0n) is 16.5. The van der Waals surface area contributed by atoms with E-state index in [1.54, 1.807) is 50.4 Å². The van der Waals surface area contributed by atoms with Crippen molar-refractivity contribution in [3.63, 3.8) is 0 Å². The first-order valence-electron chi connectivity index (χ1n) is 9.05. The fourth-order valence-electron chi connectivity index (χ4n) is 2.30. The topological polar surface area (TPSA) is 90.9 Å². The molecule has 0 atom stereocenters. The van der Waals surface area contributed by atoms with Crippen LogP contribution in [0.3, 0.4) is 0 Å². The minimum absolute atomic E-state index is 0.238. The Morgan fingerprint density at radius 3 is 2.45 bits per heavy atom. The maximum absolute atomic E-state index is 12.1. The van der Waals surface area contributed by atoms with E-state index in [4.69, 9.17) is 14.2 Å². The minimum Gasteiger partial charge on any atom is -0.497 e. The van der Waals surface area contributed by atoms with E-state index in [0.717, 1.165) is 16.9 Å². The quantitative estimate of drug-likeness (QED) is 0.494. The molecular weight excluding hydrogens is 394 g/mol. The standard InChI is InChI=1S/C21H23NO6S/c1-4-16-12-17(21(25)27-5-2)20(29-16)22-18(23)13-28-19(24)11-8-14-6-9-15(26-3)10-7-14/h6-12H,4-5,13H2,1-3H3,(H,22,23)/b11-8+. The molecule has 29 heavy (non-hydrogen) atoms. The number of nitrogens with one attached hydrogen (secondary N) is 1. The Morgan fingerprint density at radius 1 is 1.10 bits per heavy atom. The maximum atomic E-state index is 12.1. The second-order valence-electron chi connectivity index (χ2n) is 5.79. The van der Waals surface area contributed by atoms with Crippen LogP contribution in [0.2, 0.25) is 0 Å². The van der Waals surface area contributed by atoms with Gasteiger partial charge in [-0.05, 0) is 43.2 Å². The van der Waals surface area contributed by atoms with Gasteiger partial charge in [0, 0.05) is 11.0 Å². The predicted molar refractivity (Wildman–Crippen MR) is 111 cm³/mol. The fourth-order valence-corrected chi connectivity index (χ4v) is 3.30. The van der Waals surface area contributed by atoms with Gasteiger partial charge in [0.15, 0.2) is 6.61 Å². The number of benzene rings is 1. The molecule has 1 amide bonds. The summed E-state index contributed by atoms with van der Waals surface area (Å²) in [6.45, 7) is 3.43. The van der Waals surface area contributed by atoms with Crippen molar-refractivity contribution in [1.29, 1.82) is 0 Å². The highest BCUT2D eigenvalue weighted by molar-refractivity contribution is 7.16. The molecule has 0 bridgehead atoms. The van der Waals surface area contributed by atoms with E-state index in [9.17, 15) is 14.4 Å². The molecule has 0 aliphatic carbocycles. The Hall–Kier alpha value is -3.13. The van der Waals surface area contributed by atoms with Crippen LogP contribution in [0, 0.1) is 0 Å². The number of hydrogen-bond acceptors (Lipinski definition) is 7. The second-order valence-corrected chi connectivity index (χ2v) is 6.93. The second kappa shape index (κ2) is 11.0. The lowest BCUT2D eigenvalue weighted by atomic mass is 10.2. The van der Waals surface area contributed by atoms with Crippen molar-refractivity contribution >= 4 is 40.3 Å². The van der Waals surface area contributed by atoms with Gasteiger partial charge in [-0.2, -0.15) is 0 Å². The summed E-state index contributed by atoms with van der Waals surface area (Å²) in [4.78, 5) is 36.9. The smallest absolute Gasteiger partial charge is 0.341 e. The van der Waals surface area contributed by atoms with Gasteiger partial charge >= 0.3 is 11.9 Å². The Labute approximate surface area is 173 Å². The van der Waals surface area contributed by atoms with E-state index < -0.39 is 24.5 Å². The van der Waals surface area contributed by atoms with Gasteiger partial charge < -0.3 is 19.5 Å². The largest absolute Gasteiger partial charge is 0.497 e. The number of ether oxygens (including phenoxy) is 3. The van der Waals surface area contributed by atoms with E-state index in [0.29, 0.717) is 16.3 Å². The number of hydrogen-bond donors (Lipinski definition) is 1. The molecular formula is C21H23NO6S. The highest BCUT2D eigenvalue weighted by atomic mass is 32.1. The molecule has 1 aromatic carbocycles. The van der Waals surface area contributed by atoms with Gasteiger partial charge in [0.2, 0.25) is 0 Å². The third kappa shape index (κ3) is 6.76. The molecule has 2 aromatic rings. The summed E-state index contributed by atoms with van der Waals surface area (Å²) in [5.41, 5.74) is 1.09. The predicted octanol–water partition coefficient (Wildman–Crippen LogP) is 3.69. The molecule has 0 aliphatic rings. The molecule has 1 N–H and O–H groups in total. The number of rotatable bonds is 9. The number of amides is 1. The zero-order chi connectivity index (χ0) is 21.2. The van der Waals surface area contributed by atoms with E-state index in [2.05, 4.69) is 5.32 Å². The van der Waals surface area contributed by atoms with Crippen LogP contribution in [0.15, 0.2) is 36.4 Å². The molecule has 1 heterocycles. The molecule has 2 rings (SSSR count). The highest BCUT2D eigenvalue weighted by Gasteiger charge is 2.19. The highest BCUT2D eigenvalue weighted by Crippen LogP contribution is 2.29. The monoisotopic (exact) mass is 417 g/mol. The number of esters is 2. The summed E-state index contributed by atoms with van der Waals surface area (Å²) in [5.74, 6) is -0.977. The summed E-state index contributed by atoms with van der Waals surface area (Å²) in [5, 5.41) is 2.99. The molecule has 0 saturated heterocycles. The van der Waals surface area contributed by atoms with Crippen LogP contribution in [-0.2, 0) is 25.5 Å². The van der Waals surface area contributed by atoms with Crippen LogP contribution in [0.5, 0.6) is 5.75 Å². The van der Waals surface area contributed by atoms with Crippen LogP contribution in [-0.4, -0.2) is 38.2 Å². The molecule has 7 nitrogen and oxygen atoms in total. The lowest BCUT2D eigenvalue weighted by molar-refractivity contribution is -0.142. The molecule has 0 aliphatic heterocycles. The molecule has 0 unspecified atom stereocenters. The average molecular weight is 417 g/mol. The van der Waals surface area contributed by atoms with Crippen molar-refractivity contribution in [2.45, 2.75) is 20.3 Å². The van der Waals surface area contributed by atoms with Crippen molar-refractivity contribution in [3.05, 3.63) is 52.4 Å². The van der Waals surface area contributed by atoms with Gasteiger partial charge in [0.05, 0.1) is 19.3 Å². The van der Waals surface area contributed by atoms with Crippen molar-refractivity contribution in [2.24, 2.45) is 0 Å². The Kier molecular flexibility index (Phi) is 8.42. The summed E-state index contributed by atoms with van der Waals surface area (Å²) >= 11 is 1.29. The Balaban J connectivity index is 1.90. The van der Waals surface area contributed by atoms with E-state index in [1.165, 1.54) is 17.4 Å². The first-order valence-corrected chi connectivity index (χ1v) is 9.87. The molecule has 0 fully saturated rings.